The Morgan fingerprint density at radius 1 is 1.00 bits per heavy atom. The van der Waals surface area contributed by atoms with Gasteiger partial charge in [0.25, 0.3) is 5.91 Å². The molecule has 1 aliphatic rings. The maximum atomic E-state index is 15.1. The molecule has 1 fully saturated rings. The molecule has 10 nitrogen and oxygen atoms in total. The number of anilines is 1. The first-order valence-electron chi connectivity index (χ1n) is 14.9. The summed E-state index contributed by atoms with van der Waals surface area (Å²) in [6.45, 7) is 4.08. The van der Waals surface area contributed by atoms with Gasteiger partial charge in [-0.1, -0.05) is 38.1 Å². The maximum Gasteiger partial charge on any atom is 0.417 e. The summed E-state index contributed by atoms with van der Waals surface area (Å²) >= 11 is 0. The number of ether oxygens (including phenoxy) is 1. The van der Waals surface area contributed by atoms with E-state index in [-0.39, 0.29) is 29.0 Å². The molecule has 0 spiro atoms. The van der Waals surface area contributed by atoms with Crippen LogP contribution in [0.5, 0.6) is 0 Å². The maximum absolute atomic E-state index is 15.1. The number of benzene rings is 2. The monoisotopic (exact) mass is 670 g/mol. The first-order chi connectivity index (χ1) is 22.8. The third-order valence-corrected chi connectivity index (χ3v) is 8.00. The van der Waals surface area contributed by atoms with E-state index in [0.717, 1.165) is 18.3 Å². The second-order valence-corrected chi connectivity index (χ2v) is 11.5. The lowest BCUT2D eigenvalue weighted by Crippen LogP contribution is -2.51. The van der Waals surface area contributed by atoms with E-state index in [9.17, 15) is 31.9 Å². The van der Waals surface area contributed by atoms with E-state index in [1.165, 1.54) is 19.2 Å². The highest BCUT2D eigenvalue weighted by atomic mass is 19.4. The van der Waals surface area contributed by atoms with Crippen LogP contribution >= 0.6 is 0 Å². The van der Waals surface area contributed by atoms with Gasteiger partial charge in [-0.25, -0.2) is 19.2 Å². The third kappa shape index (κ3) is 7.29. The van der Waals surface area contributed by atoms with E-state index in [2.05, 4.69) is 30.3 Å². The van der Waals surface area contributed by atoms with Crippen LogP contribution in [0.25, 0.3) is 22.4 Å². The molecule has 5 rings (SSSR count). The molecule has 1 saturated heterocycles. The third-order valence-electron chi connectivity index (χ3n) is 8.00. The number of carbonyl (C=O) groups is 3. The molecule has 3 amide bonds. The minimum atomic E-state index is -4.90. The van der Waals surface area contributed by atoms with Crippen molar-refractivity contribution in [2.45, 2.75) is 44.9 Å². The van der Waals surface area contributed by atoms with Crippen molar-refractivity contribution in [3.05, 3.63) is 89.6 Å². The van der Waals surface area contributed by atoms with Gasteiger partial charge in [-0.2, -0.15) is 17.6 Å². The number of hydrogen-bond acceptors (Lipinski definition) is 6. The summed E-state index contributed by atoms with van der Waals surface area (Å²) in [7, 11) is 1.22. The summed E-state index contributed by atoms with van der Waals surface area (Å²) < 4.78 is 75.3. The van der Waals surface area contributed by atoms with Crippen LogP contribution in [-0.4, -0.2) is 57.5 Å². The van der Waals surface area contributed by atoms with Gasteiger partial charge in [0, 0.05) is 12.7 Å². The van der Waals surface area contributed by atoms with Gasteiger partial charge >= 0.3 is 12.3 Å². The highest BCUT2D eigenvalue weighted by Gasteiger charge is 2.38. The zero-order chi connectivity index (χ0) is 34.7. The number of nitrogens with zero attached hydrogens (tertiary/aromatic N) is 3. The predicted octanol–water partition coefficient (Wildman–Crippen LogP) is 6.73. The smallest absolute Gasteiger partial charge is 0.417 e. The Kier molecular flexibility index (Phi) is 9.77. The summed E-state index contributed by atoms with van der Waals surface area (Å²) in [4.78, 5) is 50.3. The standard InChI is InChI=1S/C33H31F5N6O4/c1-17(2)28(43-32(47)48-3)31(46)44-12-4-5-26(44)29-40-16-25(41-29)19-8-6-18(7-9-19)21-13-23(34)24(14-22(21)33(36,37)38)42-30(45)20-10-11-27(35)39-15-20/h6-11,13-17,26,28H,4-5,12H2,1-3H3,(H,40,41)(H,42,45)(H,43,47). The molecule has 0 aliphatic carbocycles. The number of pyridine rings is 1. The fourth-order valence-corrected chi connectivity index (χ4v) is 5.52. The van der Waals surface area contributed by atoms with E-state index in [0.29, 0.717) is 48.6 Å². The van der Waals surface area contributed by atoms with Crippen LogP contribution < -0.4 is 10.6 Å². The molecule has 15 heteroatoms. The van der Waals surface area contributed by atoms with Gasteiger partial charge in [0.1, 0.15) is 17.7 Å². The molecule has 0 saturated carbocycles. The Bertz CT molecular complexity index is 1810. The number of alkyl carbamates (subject to hydrolysis) is 1. The molecule has 0 bridgehead atoms. The van der Waals surface area contributed by atoms with Crippen molar-refractivity contribution in [3.8, 4) is 22.4 Å². The summed E-state index contributed by atoms with van der Waals surface area (Å²) in [6.07, 6.45) is -1.84. The van der Waals surface area contributed by atoms with Crippen LogP contribution in [0.15, 0.2) is 60.9 Å². The van der Waals surface area contributed by atoms with Crippen LogP contribution in [0.3, 0.4) is 0 Å². The molecule has 2 aromatic heterocycles. The van der Waals surface area contributed by atoms with Crippen LogP contribution in [0.2, 0.25) is 0 Å². The number of methoxy groups -OCH3 is 1. The molecule has 2 unspecified atom stereocenters. The fraction of sp³-hybridized carbons (Fsp3) is 0.303. The van der Waals surface area contributed by atoms with Crippen molar-refractivity contribution in [2.75, 3.05) is 19.0 Å². The highest BCUT2D eigenvalue weighted by Crippen LogP contribution is 2.40. The molecule has 252 valence electrons. The zero-order valence-electron chi connectivity index (χ0n) is 26.0. The van der Waals surface area contributed by atoms with Crippen molar-refractivity contribution in [3.63, 3.8) is 0 Å². The average Bonchev–Trinajstić information content (AvgIpc) is 3.74. The van der Waals surface area contributed by atoms with Gasteiger partial charge in [-0.3, -0.25) is 9.59 Å². The SMILES string of the molecule is COC(=O)NC(C(=O)N1CCCC1c1ncc(-c2ccc(-c3cc(F)c(NC(=O)c4ccc(F)nc4)cc3C(F)(F)F)cc2)[nH]1)C(C)C. The fourth-order valence-electron chi connectivity index (χ4n) is 5.52. The minimum absolute atomic E-state index is 0.0655. The molecule has 48 heavy (non-hydrogen) atoms. The van der Waals surface area contributed by atoms with Gasteiger partial charge in [-0.05, 0) is 59.7 Å². The van der Waals surface area contributed by atoms with Crippen molar-refractivity contribution >= 4 is 23.6 Å². The van der Waals surface area contributed by atoms with Gasteiger partial charge in [0.15, 0.2) is 0 Å². The van der Waals surface area contributed by atoms with E-state index in [1.807, 2.05) is 13.8 Å². The van der Waals surface area contributed by atoms with Crippen molar-refractivity contribution in [1.29, 1.82) is 0 Å². The zero-order valence-corrected chi connectivity index (χ0v) is 26.0. The molecule has 4 aromatic rings. The van der Waals surface area contributed by atoms with Crippen LogP contribution in [0, 0.1) is 17.7 Å². The van der Waals surface area contributed by atoms with E-state index >= 15 is 4.39 Å². The normalized spacial score (nSPS) is 15.4. The highest BCUT2D eigenvalue weighted by molar-refractivity contribution is 6.04. The number of halogens is 5. The minimum Gasteiger partial charge on any atom is -0.453 e. The van der Waals surface area contributed by atoms with E-state index in [4.69, 9.17) is 0 Å². The van der Waals surface area contributed by atoms with Crippen LogP contribution in [-0.2, 0) is 15.7 Å². The van der Waals surface area contributed by atoms with Gasteiger partial charge in [0.05, 0.1) is 41.9 Å². The van der Waals surface area contributed by atoms with Crippen molar-refractivity contribution in [2.24, 2.45) is 5.92 Å². The number of H-pyrrole nitrogens is 1. The number of amides is 3. The number of imidazole rings is 1. The molecular formula is C33H31F5N6O4. The quantitative estimate of drug-likeness (QED) is 0.141. The van der Waals surface area contributed by atoms with Gasteiger partial charge < -0.3 is 25.3 Å². The number of hydrogen-bond donors (Lipinski definition) is 3. The number of rotatable bonds is 8. The molecule has 0 radical (unpaired) electrons. The predicted molar refractivity (Wildman–Crippen MR) is 164 cm³/mol. The average molecular weight is 671 g/mol. The van der Waals surface area contributed by atoms with E-state index < -0.39 is 52.8 Å². The number of alkyl halides is 3. The molecule has 3 N–H and O–H groups in total. The molecule has 2 atom stereocenters. The summed E-state index contributed by atoms with van der Waals surface area (Å²) in [6, 6.07) is 7.87. The lowest BCUT2D eigenvalue weighted by molar-refractivity contribution is -0.137. The van der Waals surface area contributed by atoms with Gasteiger partial charge in [-0.15, -0.1) is 0 Å². The largest absolute Gasteiger partial charge is 0.453 e. The Hall–Kier alpha value is -5.34. The second-order valence-electron chi connectivity index (χ2n) is 11.5. The first kappa shape index (κ1) is 34.0. The summed E-state index contributed by atoms with van der Waals surface area (Å²) in [5.74, 6) is -2.90. The lowest BCUT2D eigenvalue weighted by Gasteiger charge is -2.30. The number of nitrogens with one attached hydrogen (secondary N) is 3. The number of aromatic nitrogens is 3. The first-order valence-corrected chi connectivity index (χ1v) is 14.9. The van der Waals surface area contributed by atoms with Crippen LogP contribution in [0.4, 0.5) is 32.4 Å². The Morgan fingerprint density at radius 3 is 2.33 bits per heavy atom. The summed E-state index contributed by atoms with van der Waals surface area (Å²) in [5.41, 5.74) is -1.32. The van der Waals surface area contributed by atoms with Crippen molar-refractivity contribution in [1.82, 2.24) is 25.2 Å². The second kappa shape index (κ2) is 13.8. The van der Waals surface area contributed by atoms with Crippen LogP contribution in [0.1, 0.15) is 54.5 Å². The Morgan fingerprint density at radius 2 is 1.71 bits per heavy atom. The molecule has 2 aromatic carbocycles. The number of aromatic amines is 1. The Balaban J connectivity index is 1.37. The Labute approximate surface area is 271 Å². The molecule has 3 heterocycles. The topological polar surface area (TPSA) is 129 Å². The molecular weight excluding hydrogens is 639 g/mol. The molecule has 1 aliphatic heterocycles. The number of likely N-dealkylation sites (tertiary alicyclic amines) is 1. The van der Waals surface area contributed by atoms with Gasteiger partial charge in [0.2, 0.25) is 11.9 Å². The van der Waals surface area contributed by atoms with Crippen molar-refractivity contribution < 1.29 is 41.1 Å². The lowest BCUT2D eigenvalue weighted by atomic mass is 9.96. The van der Waals surface area contributed by atoms with E-state index in [1.54, 1.807) is 23.2 Å². The summed E-state index contributed by atoms with van der Waals surface area (Å²) in [5, 5.41) is 4.68. The number of carbonyl (C=O) groups excluding carboxylic acids is 3.